The van der Waals surface area contributed by atoms with Crippen molar-refractivity contribution in [3.63, 3.8) is 0 Å². The SMILES string of the molecule is O=C1CCC2=C1CC1C=CC(C1)O2. The first-order chi connectivity index (χ1) is 6.33. The smallest absolute Gasteiger partial charge is 0.162 e. The third kappa shape index (κ3) is 1.05. The van der Waals surface area contributed by atoms with E-state index in [2.05, 4.69) is 12.2 Å². The summed E-state index contributed by atoms with van der Waals surface area (Å²) in [4.78, 5) is 11.5. The Kier molecular flexibility index (Phi) is 1.40. The third-order valence-electron chi connectivity index (χ3n) is 3.15. The molecule has 3 aliphatic rings. The summed E-state index contributed by atoms with van der Waals surface area (Å²) in [5, 5.41) is 0. The molecule has 3 rings (SSSR count). The summed E-state index contributed by atoms with van der Waals surface area (Å²) in [5.74, 6) is 1.86. The maximum absolute atomic E-state index is 11.5. The van der Waals surface area contributed by atoms with Gasteiger partial charge >= 0.3 is 0 Å². The molecule has 0 aromatic rings. The molecule has 13 heavy (non-hydrogen) atoms. The summed E-state index contributed by atoms with van der Waals surface area (Å²) in [5.41, 5.74) is 0.983. The van der Waals surface area contributed by atoms with Crippen molar-refractivity contribution < 1.29 is 9.53 Å². The molecule has 0 radical (unpaired) electrons. The van der Waals surface area contributed by atoms with Crippen molar-refractivity contribution in [3.05, 3.63) is 23.5 Å². The Labute approximate surface area is 77.3 Å². The number of rotatable bonds is 0. The number of ketones is 1. The number of fused-ring (bicyclic) bond motifs is 2. The maximum atomic E-state index is 11.5. The molecular formula is C11H12O2. The van der Waals surface area contributed by atoms with E-state index >= 15 is 0 Å². The van der Waals surface area contributed by atoms with E-state index in [-0.39, 0.29) is 6.10 Å². The van der Waals surface area contributed by atoms with E-state index in [0.29, 0.717) is 18.1 Å². The summed E-state index contributed by atoms with van der Waals surface area (Å²) < 4.78 is 5.77. The van der Waals surface area contributed by atoms with E-state index in [1.807, 2.05) is 0 Å². The van der Waals surface area contributed by atoms with Gasteiger partial charge in [0.15, 0.2) is 5.78 Å². The highest BCUT2D eigenvalue weighted by atomic mass is 16.5. The number of hydrogen-bond acceptors (Lipinski definition) is 2. The molecule has 2 aliphatic carbocycles. The fourth-order valence-electron chi connectivity index (χ4n) is 2.46. The Hall–Kier alpha value is -1.05. The van der Waals surface area contributed by atoms with E-state index in [1.165, 1.54) is 0 Å². The first-order valence-electron chi connectivity index (χ1n) is 4.93. The van der Waals surface area contributed by atoms with E-state index < -0.39 is 0 Å². The molecule has 0 spiro atoms. The van der Waals surface area contributed by atoms with Crippen LogP contribution in [0.5, 0.6) is 0 Å². The molecule has 2 nitrogen and oxygen atoms in total. The van der Waals surface area contributed by atoms with Crippen LogP contribution in [0.1, 0.15) is 25.7 Å². The van der Waals surface area contributed by atoms with Crippen LogP contribution in [-0.4, -0.2) is 11.9 Å². The zero-order valence-electron chi connectivity index (χ0n) is 7.45. The number of hydrogen-bond donors (Lipinski definition) is 0. The number of allylic oxidation sites excluding steroid dienone is 3. The molecule has 1 heterocycles. The fourth-order valence-corrected chi connectivity index (χ4v) is 2.46. The fraction of sp³-hybridized carbons (Fsp3) is 0.545. The van der Waals surface area contributed by atoms with Crippen molar-refractivity contribution in [1.82, 2.24) is 0 Å². The second-order valence-electron chi connectivity index (χ2n) is 4.07. The van der Waals surface area contributed by atoms with Gasteiger partial charge in [-0.2, -0.15) is 0 Å². The molecule has 0 amide bonds. The van der Waals surface area contributed by atoms with Crippen LogP contribution in [0, 0.1) is 5.92 Å². The first kappa shape index (κ1) is 7.36. The monoisotopic (exact) mass is 176 g/mol. The van der Waals surface area contributed by atoms with Gasteiger partial charge in [0, 0.05) is 18.4 Å². The lowest BCUT2D eigenvalue weighted by molar-refractivity contribution is -0.115. The number of carbonyl (C=O) groups excluding carboxylic acids is 1. The van der Waals surface area contributed by atoms with Crippen molar-refractivity contribution in [2.75, 3.05) is 0 Å². The summed E-state index contributed by atoms with van der Waals surface area (Å²) in [6.07, 6.45) is 8.08. The van der Waals surface area contributed by atoms with Crippen molar-refractivity contribution >= 4 is 5.78 Å². The van der Waals surface area contributed by atoms with Gasteiger partial charge in [0.1, 0.15) is 11.9 Å². The summed E-state index contributed by atoms with van der Waals surface area (Å²) >= 11 is 0. The average Bonchev–Trinajstić information content (AvgIpc) is 2.58. The predicted molar refractivity (Wildman–Crippen MR) is 48.0 cm³/mol. The van der Waals surface area contributed by atoms with Crippen molar-refractivity contribution in [2.45, 2.75) is 31.8 Å². The summed E-state index contributed by atoms with van der Waals surface area (Å²) in [6, 6.07) is 0. The number of Topliss-reactive ketones (excluding diaryl/α,β-unsaturated/α-hetero) is 1. The van der Waals surface area contributed by atoms with Gasteiger partial charge in [-0.3, -0.25) is 4.79 Å². The van der Waals surface area contributed by atoms with Gasteiger partial charge in [0.05, 0.1) is 0 Å². The van der Waals surface area contributed by atoms with Crippen LogP contribution in [0.4, 0.5) is 0 Å². The molecule has 0 N–H and O–H groups in total. The Morgan fingerprint density at radius 3 is 3.15 bits per heavy atom. The second kappa shape index (κ2) is 2.47. The van der Waals surface area contributed by atoms with Crippen LogP contribution in [-0.2, 0) is 9.53 Å². The molecule has 0 saturated carbocycles. The largest absolute Gasteiger partial charge is 0.490 e. The van der Waals surface area contributed by atoms with E-state index in [9.17, 15) is 4.79 Å². The summed E-state index contributed by atoms with van der Waals surface area (Å²) in [7, 11) is 0. The highest BCUT2D eigenvalue weighted by Gasteiger charge is 2.33. The highest BCUT2D eigenvalue weighted by Crippen LogP contribution is 2.38. The standard InChI is InChI=1S/C11H12O2/c12-10-3-4-11-9(10)6-7-1-2-8(5-7)13-11/h1-2,7-8H,3-6H2. The zero-order valence-corrected chi connectivity index (χ0v) is 7.45. The molecule has 0 fully saturated rings. The van der Waals surface area contributed by atoms with Crippen LogP contribution >= 0.6 is 0 Å². The van der Waals surface area contributed by atoms with Gasteiger partial charge in [0.25, 0.3) is 0 Å². The van der Waals surface area contributed by atoms with E-state index in [1.54, 1.807) is 0 Å². The van der Waals surface area contributed by atoms with Gasteiger partial charge in [-0.1, -0.05) is 6.08 Å². The molecule has 0 aromatic carbocycles. The lowest BCUT2D eigenvalue weighted by Gasteiger charge is -2.11. The topological polar surface area (TPSA) is 26.3 Å². The lowest BCUT2D eigenvalue weighted by atomic mass is 9.98. The minimum atomic E-state index is 0.253. The molecule has 0 aromatic heterocycles. The average molecular weight is 176 g/mol. The van der Waals surface area contributed by atoms with E-state index in [0.717, 1.165) is 30.6 Å². The third-order valence-corrected chi connectivity index (χ3v) is 3.15. The molecule has 0 saturated heterocycles. The Morgan fingerprint density at radius 2 is 2.23 bits per heavy atom. The molecular weight excluding hydrogens is 164 g/mol. The number of carbonyl (C=O) groups is 1. The van der Waals surface area contributed by atoms with Crippen LogP contribution in [0.15, 0.2) is 23.5 Å². The molecule has 2 atom stereocenters. The predicted octanol–water partition coefficient (Wildman–Crippen LogP) is 1.97. The van der Waals surface area contributed by atoms with Crippen LogP contribution in [0.2, 0.25) is 0 Å². The van der Waals surface area contributed by atoms with Crippen LogP contribution in [0.3, 0.4) is 0 Å². The van der Waals surface area contributed by atoms with Crippen LogP contribution in [0.25, 0.3) is 0 Å². The van der Waals surface area contributed by atoms with Gasteiger partial charge in [0.2, 0.25) is 0 Å². The first-order valence-corrected chi connectivity index (χ1v) is 4.93. The minimum Gasteiger partial charge on any atom is -0.490 e. The molecule has 2 unspecified atom stereocenters. The van der Waals surface area contributed by atoms with Gasteiger partial charge < -0.3 is 4.74 Å². The molecule has 2 heteroatoms. The normalized spacial score (nSPS) is 36.2. The second-order valence-corrected chi connectivity index (χ2v) is 4.07. The maximum Gasteiger partial charge on any atom is 0.162 e. The Balaban J connectivity index is 1.96. The Morgan fingerprint density at radius 1 is 1.31 bits per heavy atom. The van der Waals surface area contributed by atoms with Crippen molar-refractivity contribution in [1.29, 1.82) is 0 Å². The highest BCUT2D eigenvalue weighted by molar-refractivity contribution is 5.98. The van der Waals surface area contributed by atoms with E-state index in [4.69, 9.17) is 4.74 Å². The summed E-state index contributed by atoms with van der Waals surface area (Å²) in [6.45, 7) is 0. The van der Waals surface area contributed by atoms with Gasteiger partial charge in [-0.25, -0.2) is 0 Å². The van der Waals surface area contributed by atoms with Crippen LogP contribution < -0.4 is 0 Å². The van der Waals surface area contributed by atoms with Gasteiger partial charge in [-0.15, -0.1) is 0 Å². The molecule has 1 aliphatic heterocycles. The zero-order chi connectivity index (χ0) is 8.84. The quantitative estimate of drug-likeness (QED) is 0.527. The van der Waals surface area contributed by atoms with Gasteiger partial charge in [-0.05, 0) is 24.8 Å². The number of ether oxygens (including phenoxy) is 1. The molecule has 68 valence electrons. The Bertz CT molecular complexity index is 325. The molecule has 2 bridgehead atoms. The van der Waals surface area contributed by atoms with Crippen molar-refractivity contribution in [3.8, 4) is 0 Å². The van der Waals surface area contributed by atoms with Crippen molar-refractivity contribution in [2.24, 2.45) is 5.92 Å². The lowest BCUT2D eigenvalue weighted by Crippen LogP contribution is -2.05. The minimum absolute atomic E-state index is 0.253.